The van der Waals surface area contributed by atoms with Crippen molar-refractivity contribution in [3.63, 3.8) is 0 Å². The Balaban J connectivity index is 1.58. The molecule has 0 aliphatic rings. The summed E-state index contributed by atoms with van der Waals surface area (Å²) in [5, 5.41) is 11.5. The zero-order chi connectivity index (χ0) is 31.6. The minimum atomic E-state index is -1.91. The van der Waals surface area contributed by atoms with Crippen LogP contribution in [0.4, 0.5) is 0 Å². The largest absolute Gasteiger partial charge is 0.530 e. The highest BCUT2D eigenvalue weighted by molar-refractivity contribution is 7.43. The number of aryl methyl sites for hydroxylation is 4. The molecule has 0 aliphatic heterocycles. The van der Waals surface area contributed by atoms with Crippen molar-refractivity contribution in [1.29, 1.82) is 0 Å². The lowest BCUT2D eigenvalue weighted by Gasteiger charge is -2.24. The predicted octanol–water partition coefficient (Wildman–Crippen LogP) is 10.6. The van der Waals surface area contributed by atoms with E-state index in [0.29, 0.717) is 18.6 Å². The molecular weight excluding hydrogens is 575 g/mol. The molecule has 1 N–H and O–H groups in total. The molecule has 0 spiro atoms. The average molecular weight is 619 g/mol. The maximum Gasteiger partial charge on any atom is 0.530 e. The van der Waals surface area contributed by atoms with E-state index in [-0.39, 0.29) is 5.75 Å². The minimum absolute atomic E-state index is 0.287. The van der Waals surface area contributed by atoms with E-state index in [0.717, 1.165) is 81.7 Å². The molecule has 5 aromatic carbocycles. The van der Waals surface area contributed by atoms with Crippen LogP contribution >= 0.6 is 8.60 Å². The molecule has 0 atom stereocenters. The average Bonchev–Trinajstić information content (AvgIpc) is 3.07. The van der Waals surface area contributed by atoms with E-state index in [1.54, 1.807) is 0 Å². The van der Waals surface area contributed by atoms with Gasteiger partial charge in [0.05, 0.1) is 0 Å². The van der Waals surface area contributed by atoms with Gasteiger partial charge < -0.3 is 18.7 Å². The Kier molecular flexibility index (Phi) is 11.2. The van der Waals surface area contributed by atoms with Crippen molar-refractivity contribution < 1.29 is 18.7 Å². The van der Waals surface area contributed by atoms with Gasteiger partial charge in [-0.15, -0.1) is 0 Å². The highest BCUT2D eigenvalue weighted by atomic mass is 31.2. The van der Waals surface area contributed by atoms with E-state index < -0.39 is 8.60 Å². The topological polar surface area (TPSA) is 47.9 Å². The summed E-state index contributed by atoms with van der Waals surface area (Å²) in [7, 11) is -1.91. The van der Waals surface area contributed by atoms with E-state index >= 15 is 0 Å². The van der Waals surface area contributed by atoms with Crippen LogP contribution in [-0.2, 0) is 38.5 Å². The van der Waals surface area contributed by atoms with Gasteiger partial charge in [-0.3, -0.25) is 0 Å². The van der Waals surface area contributed by atoms with Crippen LogP contribution in [0.15, 0.2) is 109 Å². The zero-order valence-electron chi connectivity index (χ0n) is 26.8. The van der Waals surface area contributed by atoms with Gasteiger partial charge >= 0.3 is 8.60 Å². The quantitative estimate of drug-likeness (QED) is 0.126. The normalized spacial score (nSPS) is 11.0. The molecule has 45 heavy (non-hydrogen) atoms. The first kappa shape index (κ1) is 32.1. The number of hydrogen-bond acceptors (Lipinski definition) is 4. The van der Waals surface area contributed by atoms with E-state index in [9.17, 15) is 5.11 Å². The second-order valence-electron chi connectivity index (χ2n) is 11.1. The fourth-order valence-electron chi connectivity index (χ4n) is 5.60. The second-order valence-corrected chi connectivity index (χ2v) is 12.1. The smallest absolute Gasteiger partial charge is 0.507 e. The zero-order valence-corrected chi connectivity index (χ0v) is 27.6. The third-order valence-corrected chi connectivity index (χ3v) is 9.13. The van der Waals surface area contributed by atoms with Crippen LogP contribution in [0.2, 0.25) is 0 Å². The number of hydrogen-bond donors (Lipinski definition) is 1. The van der Waals surface area contributed by atoms with Crippen LogP contribution in [0.5, 0.6) is 23.0 Å². The van der Waals surface area contributed by atoms with E-state index in [1.807, 2.05) is 48.5 Å². The summed E-state index contributed by atoms with van der Waals surface area (Å²) < 4.78 is 20.3. The maximum atomic E-state index is 11.5. The Hall–Kier alpha value is -4.27. The summed E-state index contributed by atoms with van der Waals surface area (Å²) in [4.78, 5) is 0. The first-order chi connectivity index (χ1) is 22.0. The van der Waals surface area contributed by atoms with E-state index in [1.165, 1.54) is 0 Å². The Morgan fingerprint density at radius 1 is 0.467 bits per heavy atom. The second kappa shape index (κ2) is 15.6. The van der Waals surface area contributed by atoms with Gasteiger partial charge in [0.2, 0.25) is 0 Å². The molecule has 0 saturated carbocycles. The number of rotatable bonds is 14. The van der Waals surface area contributed by atoms with Crippen LogP contribution in [0.25, 0.3) is 0 Å². The standard InChI is InChI=1S/C40H43O4P/c1-5-31-21-15-22-32(6-2)39(31)43-45(44-40-33(7-3)23-16-24-34(40)8-4)42-37-27-35(25-29-17-11-9-12-18-29)38(41)36(28-37)26-30-19-13-10-14-20-30/h9-24,27-28,41H,5-8,25-26H2,1-4H3. The lowest BCUT2D eigenvalue weighted by atomic mass is 9.97. The number of phenolic OH excluding ortho intramolecular Hbond substituents is 1. The fraction of sp³-hybridized carbons (Fsp3) is 0.250. The summed E-state index contributed by atoms with van der Waals surface area (Å²) in [5.41, 5.74) is 8.29. The molecule has 0 radical (unpaired) electrons. The van der Waals surface area contributed by atoms with Gasteiger partial charge in [0, 0.05) is 24.0 Å². The van der Waals surface area contributed by atoms with Gasteiger partial charge in [-0.2, -0.15) is 0 Å². The monoisotopic (exact) mass is 618 g/mol. The van der Waals surface area contributed by atoms with E-state index in [2.05, 4.69) is 88.4 Å². The Morgan fingerprint density at radius 3 is 1.20 bits per heavy atom. The van der Waals surface area contributed by atoms with Gasteiger partial charge in [-0.05, 0) is 71.2 Å². The van der Waals surface area contributed by atoms with E-state index in [4.69, 9.17) is 13.6 Å². The molecule has 5 rings (SSSR count). The number of phenols is 1. The molecule has 0 saturated heterocycles. The summed E-state index contributed by atoms with van der Waals surface area (Å²) in [5.74, 6) is 2.55. The van der Waals surface area contributed by atoms with Crippen molar-refractivity contribution >= 4 is 8.60 Å². The number of para-hydroxylation sites is 2. The van der Waals surface area contributed by atoms with Gasteiger partial charge in [-0.25, -0.2) is 0 Å². The van der Waals surface area contributed by atoms with Crippen LogP contribution in [0.3, 0.4) is 0 Å². The van der Waals surface area contributed by atoms with Gasteiger partial charge in [-0.1, -0.05) is 125 Å². The molecular formula is C40H43O4P. The molecule has 232 valence electrons. The lowest BCUT2D eigenvalue weighted by molar-refractivity contribution is 0.380. The minimum Gasteiger partial charge on any atom is -0.507 e. The molecule has 0 heterocycles. The first-order valence-electron chi connectivity index (χ1n) is 16.0. The number of aromatic hydroxyl groups is 1. The summed E-state index contributed by atoms with van der Waals surface area (Å²) in [6.07, 6.45) is 4.48. The van der Waals surface area contributed by atoms with Crippen LogP contribution in [-0.4, -0.2) is 5.11 Å². The SMILES string of the molecule is CCc1cccc(CC)c1OP(Oc1cc(Cc2ccccc2)c(O)c(Cc2ccccc2)c1)Oc1c(CC)cccc1CC. The van der Waals surface area contributed by atoms with Crippen LogP contribution in [0.1, 0.15) is 72.2 Å². The van der Waals surface area contributed by atoms with Gasteiger partial charge in [0.15, 0.2) is 0 Å². The highest BCUT2D eigenvalue weighted by Crippen LogP contribution is 2.47. The van der Waals surface area contributed by atoms with Crippen molar-refractivity contribution in [2.45, 2.75) is 66.2 Å². The summed E-state index contributed by atoms with van der Waals surface area (Å²) >= 11 is 0. The molecule has 0 bridgehead atoms. The molecule has 5 aromatic rings. The van der Waals surface area contributed by atoms with Gasteiger partial charge in [0.25, 0.3) is 0 Å². The first-order valence-corrected chi connectivity index (χ1v) is 17.1. The van der Waals surface area contributed by atoms with Crippen molar-refractivity contribution in [1.82, 2.24) is 0 Å². The maximum absolute atomic E-state index is 11.5. The third-order valence-electron chi connectivity index (χ3n) is 8.11. The lowest BCUT2D eigenvalue weighted by Crippen LogP contribution is -2.08. The summed E-state index contributed by atoms with van der Waals surface area (Å²) in [6.45, 7) is 8.55. The van der Waals surface area contributed by atoms with Crippen LogP contribution in [0, 0.1) is 0 Å². The molecule has 0 unspecified atom stereocenters. The molecule has 4 nitrogen and oxygen atoms in total. The molecule has 0 aromatic heterocycles. The Morgan fingerprint density at radius 2 is 0.844 bits per heavy atom. The fourth-order valence-corrected chi connectivity index (χ4v) is 6.75. The Labute approximate surface area is 269 Å². The number of benzene rings is 5. The van der Waals surface area contributed by atoms with Gasteiger partial charge in [0.1, 0.15) is 23.0 Å². The van der Waals surface area contributed by atoms with Crippen molar-refractivity contribution in [2.24, 2.45) is 0 Å². The molecule has 0 amide bonds. The Bertz CT molecular complexity index is 1520. The van der Waals surface area contributed by atoms with Crippen LogP contribution < -0.4 is 13.6 Å². The molecule has 0 fully saturated rings. The molecule has 5 heteroatoms. The third kappa shape index (κ3) is 8.07. The van der Waals surface area contributed by atoms with Crippen molar-refractivity contribution in [3.8, 4) is 23.0 Å². The summed E-state index contributed by atoms with van der Waals surface area (Å²) in [6, 6.07) is 36.8. The molecule has 0 aliphatic carbocycles. The highest BCUT2D eigenvalue weighted by Gasteiger charge is 2.26. The van der Waals surface area contributed by atoms with Crippen molar-refractivity contribution in [2.75, 3.05) is 0 Å². The van der Waals surface area contributed by atoms with Crippen molar-refractivity contribution in [3.05, 3.63) is 154 Å². The predicted molar refractivity (Wildman–Crippen MR) is 186 cm³/mol.